The Balaban J connectivity index is 1.70. The van der Waals surface area contributed by atoms with Crippen molar-refractivity contribution >= 4 is 28.6 Å². The molecule has 1 aromatic heterocycles. The average molecular weight is 391 g/mol. The molecule has 6 heteroatoms. The number of fused-ring (bicyclic) bond motifs is 1. The van der Waals surface area contributed by atoms with Crippen LogP contribution in [0, 0.1) is 0 Å². The lowest BCUT2D eigenvalue weighted by molar-refractivity contribution is -0.143. The fraction of sp³-hybridized carbons (Fsp3) is 0.348. The minimum absolute atomic E-state index is 0.0748. The van der Waals surface area contributed by atoms with E-state index in [1.807, 2.05) is 51.9 Å². The fourth-order valence-electron chi connectivity index (χ4n) is 4.09. The van der Waals surface area contributed by atoms with Gasteiger partial charge in [-0.1, -0.05) is 37.3 Å². The lowest BCUT2D eigenvalue weighted by atomic mass is 10.1. The number of aromatic nitrogens is 2. The number of amides is 1. The lowest BCUT2D eigenvalue weighted by Gasteiger charge is -2.20. The van der Waals surface area contributed by atoms with Crippen LogP contribution < -0.4 is 4.90 Å². The van der Waals surface area contributed by atoms with E-state index in [0.717, 1.165) is 34.5 Å². The van der Waals surface area contributed by atoms with Crippen molar-refractivity contribution in [3.8, 4) is 0 Å². The molecule has 0 spiro atoms. The Bertz CT molecular complexity index is 1060. The molecule has 0 N–H and O–H groups in total. The number of benzene rings is 2. The summed E-state index contributed by atoms with van der Waals surface area (Å²) in [5.74, 6) is 0.485. The number of esters is 1. The topological polar surface area (TPSA) is 64.4 Å². The van der Waals surface area contributed by atoms with Crippen LogP contribution in [0.2, 0.25) is 0 Å². The second kappa shape index (κ2) is 8.07. The molecule has 29 heavy (non-hydrogen) atoms. The van der Waals surface area contributed by atoms with Gasteiger partial charge in [0.25, 0.3) is 0 Å². The summed E-state index contributed by atoms with van der Waals surface area (Å²) in [7, 11) is 0. The van der Waals surface area contributed by atoms with Crippen LogP contribution in [0.3, 0.4) is 0 Å². The quantitative estimate of drug-likeness (QED) is 0.601. The molecular weight excluding hydrogens is 366 g/mol. The van der Waals surface area contributed by atoms with Gasteiger partial charge in [-0.25, -0.2) is 4.98 Å². The maximum absolute atomic E-state index is 12.9. The number of aryl methyl sites for hydroxylation is 1. The van der Waals surface area contributed by atoms with Gasteiger partial charge >= 0.3 is 5.97 Å². The third-order valence-electron chi connectivity index (χ3n) is 5.43. The van der Waals surface area contributed by atoms with Crippen LogP contribution in [0.5, 0.6) is 0 Å². The van der Waals surface area contributed by atoms with Gasteiger partial charge in [0.1, 0.15) is 12.4 Å². The fourth-order valence-corrected chi connectivity index (χ4v) is 4.09. The molecule has 4 rings (SSSR count). The Morgan fingerprint density at radius 3 is 2.69 bits per heavy atom. The van der Waals surface area contributed by atoms with Gasteiger partial charge in [-0.15, -0.1) is 0 Å². The van der Waals surface area contributed by atoms with Crippen molar-refractivity contribution in [2.75, 3.05) is 18.1 Å². The summed E-state index contributed by atoms with van der Waals surface area (Å²) < 4.78 is 7.06. The van der Waals surface area contributed by atoms with Crippen LogP contribution in [-0.4, -0.2) is 34.6 Å². The number of carbonyl (C=O) groups excluding carboxylic acids is 2. The van der Waals surface area contributed by atoms with Crippen molar-refractivity contribution < 1.29 is 14.3 Å². The summed E-state index contributed by atoms with van der Waals surface area (Å²) in [6.45, 7) is 4.88. The zero-order valence-electron chi connectivity index (χ0n) is 16.8. The number of rotatable bonds is 6. The zero-order valence-corrected chi connectivity index (χ0v) is 16.8. The summed E-state index contributed by atoms with van der Waals surface area (Å²) in [6, 6.07) is 15.8. The SMILES string of the molecule is CCOC(=O)Cn1c([C@H]2CC(=O)N(c3ccccc3CC)C2)nc2ccccc21. The minimum Gasteiger partial charge on any atom is -0.465 e. The predicted molar refractivity (Wildman–Crippen MR) is 112 cm³/mol. The minimum atomic E-state index is -0.297. The van der Waals surface area contributed by atoms with Crippen molar-refractivity contribution in [1.82, 2.24) is 9.55 Å². The van der Waals surface area contributed by atoms with E-state index < -0.39 is 0 Å². The molecule has 1 amide bonds. The van der Waals surface area contributed by atoms with Crippen LogP contribution in [0.1, 0.15) is 37.6 Å². The Morgan fingerprint density at radius 1 is 1.14 bits per heavy atom. The van der Waals surface area contributed by atoms with Crippen LogP contribution in [0.4, 0.5) is 5.69 Å². The lowest BCUT2D eigenvalue weighted by Crippen LogP contribution is -2.26. The maximum atomic E-state index is 12.9. The van der Waals surface area contributed by atoms with Crippen molar-refractivity contribution in [2.24, 2.45) is 0 Å². The van der Waals surface area contributed by atoms with Gasteiger partial charge in [-0.05, 0) is 37.1 Å². The third kappa shape index (κ3) is 3.62. The maximum Gasteiger partial charge on any atom is 0.326 e. The van der Waals surface area contributed by atoms with Gasteiger partial charge in [-0.2, -0.15) is 0 Å². The molecule has 1 aliphatic heterocycles. The first-order valence-electron chi connectivity index (χ1n) is 10.1. The van der Waals surface area contributed by atoms with Crippen molar-refractivity contribution in [3.05, 3.63) is 59.9 Å². The molecule has 0 unspecified atom stereocenters. The Morgan fingerprint density at radius 2 is 1.90 bits per heavy atom. The van der Waals surface area contributed by atoms with E-state index in [1.54, 1.807) is 6.92 Å². The number of ether oxygens (including phenoxy) is 1. The molecule has 0 radical (unpaired) electrons. The Labute approximate surface area is 170 Å². The van der Waals surface area contributed by atoms with E-state index in [0.29, 0.717) is 19.6 Å². The monoisotopic (exact) mass is 391 g/mol. The predicted octanol–water partition coefficient (Wildman–Crippen LogP) is 3.68. The van der Waals surface area contributed by atoms with Crippen molar-refractivity contribution in [3.63, 3.8) is 0 Å². The second-order valence-corrected chi connectivity index (χ2v) is 7.24. The highest BCUT2D eigenvalue weighted by molar-refractivity contribution is 5.97. The summed E-state index contributed by atoms with van der Waals surface area (Å²) in [5, 5.41) is 0. The van der Waals surface area contributed by atoms with Crippen molar-refractivity contribution in [2.45, 2.75) is 39.2 Å². The molecule has 3 aromatic rings. The summed E-state index contributed by atoms with van der Waals surface area (Å²) in [4.78, 5) is 31.7. The molecule has 6 nitrogen and oxygen atoms in total. The van der Waals surface area contributed by atoms with Crippen LogP contribution in [0.15, 0.2) is 48.5 Å². The van der Waals surface area contributed by atoms with E-state index in [9.17, 15) is 9.59 Å². The van der Waals surface area contributed by atoms with Gasteiger partial charge < -0.3 is 14.2 Å². The standard InChI is InChI=1S/C23H25N3O3/c1-3-16-9-5-7-11-19(16)25-14-17(13-21(25)27)23-24-18-10-6-8-12-20(18)26(23)15-22(28)29-4-2/h5-12,17H,3-4,13-15H2,1-2H3/t17-/m0/s1. The first-order chi connectivity index (χ1) is 14.1. The molecule has 1 atom stereocenters. The second-order valence-electron chi connectivity index (χ2n) is 7.24. The van der Waals surface area contributed by atoms with Crippen LogP contribution >= 0.6 is 0 Å². The molecule has 0 saturated carbocycles. The summed E-state index contributed by atoms with van der Waals surface area (Å²) in [6.07, 6.45) is 1.25. The molecule has 2 aromatic carbocycles. The van der Waals surface area contributed by atoms with E-state index in [1.165, 1.54) is 0 Å². The number of hydrogen-bond donors (Lipinski definition) is 0. The molecule has 1 aliphatic rings. The number of hydrogen-bond acceptors (Lipinski definition) is 4. The van der Waals surface area contributed by atoms with Gasteiger partial charge in [0.05, 0.1) is 17.6 Å². The zero-order chi connectivity index (χ0) is 20.4. The van der Waals surface area contributed by atoms with Gasteiger partial charge in [0.15, 0.2) is 0 Å². The number of nitrogens with zero attached hydrogens (tertiary/aromatic N) is 3. The van der Waals surface area contributed by atoms with Gasteiger partial charge in [0, 0.05) is 24.6 Å². The molecule has 1 saturated heterocycles. The molecule has 1 fully saturated rings. The van der Waals surface area contributed by atoms with Crippen LogP contribution in [0.25, 0.3) is 11.0 Å². The largest absolute Gasteiger partial charge is 0.465 e. The Kier molecular flexibility index (Phi) is 5.34. The third-order valence-corrected chi connectivity index (χ3v) is 5.43. The highest BCUT2D eigenvalue weighted by atomic mass is 16.5. The van der Waals surface area contributed by atoms with Gasteiger partial charge in [-0.3, -0.25) is 9.59 Å². The van der Waals surface area contributed by atoms with Gasteiger partial charge in [0.2, 0.25) is 5.91 Å². The molecule has 0 aliphatic carbocycles. The molecule has 0 bridgehead atoms. The highest BCUT2D eigenvalue weighted by Gasteiger charge is 2.35. The summed E-state index contributed by atoms with van der Waals surface area (Å²) >= 11 is 0. The van der Waals surface area contributed by atoms with Crippen LogP contribution in [-0.2, 0) is 27.3 Å². The first kappa shape index (κ1) is 19.2. The van der Waals surface area contributed by atoms with E-state index in [2.05, 4.69) is 13.0 Å². The number of carbonyl (C=O) groups is 2. The van der Waals surface area contributed by atoms with E-state index in [-0.39, 0.29) is 24.3 Å². The average Bonchev–Trinajstić information content (AvgIpc) is 3.29. The highest BCUT2D eigenvalue weighted by Crippen LogP contribution is 2.34. The van der Waals surface area contributed by atoms with E-state index >= 15 is 0 Å². The smallest absolute Gasteiger partial charge is 0.326 e. The van der Waals surface area contributed by atoms with Crippen molar-refractivity contribution in [1.29, 1.82) is 0 Å². The van der Waals surface area contributed by atoms with E-state index in [4.69, 9.17) is 9.72 Å². The molecule has 150 valence electrons. The number of anilines is 1. The normalized spacial score (nSPS) is 16.6. The summed E-state index contributed by atoms with van der Waals surface area (Å²) in [5.41, 5.74) is 3.83. The molecular formula is C23H25N3O3. The number of imidazole rings is 1. The Hall–Kier alpha value is -3.15. The number of para-hydroxylation sites is 3. The first-order valence-corrected chi connectivity index (χ1v) is 10.1. The molecule has 2 heterocycles.